The Hall–Kier alpha value is -1.88. The van der Waals surface area contributed by atoms with Gasteiger partial charge in [0.25, 0.3) is 0 Å². The van der Waals surface area contributed by atoms with Crippen LogP contribution in [0.2, 0.25) is 0 Å². The largest absolute Gasteiger partial charge is 0.468 e. The van der Waals surface area contributed by atoms with Gasteiger partial charge in [-0.05, 0) is 18.4 Å². The molecule has 114 valence electrons. The molecule has 0 saturated carbocycles. The van der Waals surface area contributed by atoms with Crippen molar-refractivity contribution in [3.05, 3.63) is 35.9 Å². The molecule has 2 atom stereocenters. The normalized spacial score (nSPS) is 21.6. The third kappa shape index (κ3) is 3.82. The summed E-state index contributed by atoms with van der Waals surface area (Å²) < 4.78 is 10.4. The Morgan fingerprint density at radius 2 is 2.05 bits per heavy atom. The van der Waals surface area contributed by atoms with Crippen LogP contribution in [0.25, 0.3) is 0 Å². The molecule has 1 heterocycles. The first kappa shape index (κ1) is 15.5. The number of esters is 1. The lowest BCUT2D eigenvalue weighted by molar-refractivity contribution is -0.152. The second kappa shape index (κ2) is 7.22. The third-order valence-electron chi connectivity index (χ3n) is 3.74. The molecular weight excluding hydrogens is 270 g/mol. The number of likely N-dealkylation sites (N-methyl/N-ethyl adjacent to an activating group) is 1. The van der Waals surface area contributed by atoms with Crippen LogP contribution in [0.5, 0.6) is 0 Å². The van der Waals surface area contributed by atoms with Gasteiger partial charge in [0.2, 0.25) is 5.91 Å². The average Bonchev–Trinajstić information content (AvgIpc) is 2.54. The zero-order valence-corrected chi connectivity index (χ0v) is 12.5. The van der Waals surface area contributed by atoms with Gasteiger partial charge in [0.15, 0.2) is 0 Å². The maximum absolute atomic E-state index is 12.6. The van der Waals surface area contributed by atoms with Gasteiger partial charge in [-0.25, -0.2) is 0 Å². The first-order valence-corrected chi connectivity index (χ1v) is 7.12. The molecule has 1 amide bonds. The highest BCUT2D eigenvalue weighted by Gasteiger charge is 2.35. The maximum atomic E-state index is 12.6. The van der Waals surface area contributed by atoms with Crippen molar-refractivity contribution in [3.63, 3.8) is 0 Å². The fraction of sp³-hybridized carbons (Fsp3) is 0.500. The number of carbonyl (C=O) groups is 2. The fourth-order valence-electron chi connectivity index (χ4n) is 2.62. The van der Waals surface area contributed by atoms with E-state index in [4.69, 9.17) is 4.74 Å². The van der Waals surface area contributed by atoms with Crippen molar-refractivity contribution in [1.29, 1.82) is 0 Å². The van der Waals surface area contributed by atoms with E-state index in [0.717, 1.165) is 18.4 Å². The molecule has 0 N–H and O–H groups in total. The van der Waals surface area contributed by atoms with Crippen LogP contribution in [-0.2, 0) is 19.1 Å². The summed E-state index contributed by atoms with van der Waals surface area (Å²) in [7, 11) is 2.94. The second-order valence-corrected chi connectivity index (χ2v) is 5.22. The Kier molecular flexibility index (Phi) is 5.33. The molecule has 0 aliphatic carbocycles. The summed E-state index contributed by atoms with van der Waals surface area (Å²) in [5.74, 6) is -0.747. The first-order chi connectivity index (χ1) is 10.1. The lowest BCUT2D eigenvalue weighted by atomic mass is 9.88. The molecule has 0 aromatic heterocycles. The highest BCUT2D eigenvalue weighted by atomic mass is 16.5. The summed E-state index contributed by atoms with van der Waals surface area (Å²) in [5, 5.41) is 0. The molecule has 1 saturated heterocycles. The Bertz CT molecular complexity index is 488. The highest BCUT2D eigenvalue weighted by Crippen LogP contribution is 2.34. The minimum Gasteiger partial charge on any atom is -0.468 e. The van der Waals surface area contributed by atoms with Crippen molar-refractivity contribution in [3.8, 4) is 0 Å². The van der Waals surface area contributed by atoms with Gasteiger partial charge in [0.05, 0.1) is 19.1 Å². The van der Waals surface area contributed by atoms with Gasteiger partial charge in [-0.2, -0.15) is 0 Å². The number of ether oxygens (including phenoxy) is 2. The number of hydrogen-bond acceptors (Lipinski definition) is 4. The van der Waals surface area contributed by atoms with Gasteiger partial charge in [-0.15, -0.1) is 0 Å². The quantitative estimate of drug-likeness (QED) is 0.794. The number of carbonyl (C=O) groups excluding carboxylic acids is 2. The molecule has 1 aromatic rings. The van der Waals surface area contributed by atoms with Gasteiger partial charge in [-0.1, -0.05) is 30.3 Å². The standard InChI is InChI=1S/C16H21NO4/c1-17(11-14(18)20-2)16(19)13-9-6-10-21-15(13)12-7-4-3-5-8-12/h3-5,7-8,13,15H,6,9-11H2,1-2H3. The number of hydrogen-bond donors (Lipinski definition) is 0. The van der Waals surface area contributed by atoms with E-state index in [2.05, 4.69) is 4.74 Å². The van der Waals surface area contributed by atoms with Crippen molar-refractivity contribution in [2.75, 3.05) is 27.3 Å². The molecule has 21 heavy (non-hydrogen) atoms. The summed E-state index contributed by atoms with van der Waals surface area (Å²) in [6.07, 6.45) is 1.38. The monoisotopic (exact) mass is 291 g/mol. The molecule has 0 bridgehead atoms. The molecular formula is C16H21NO4. The topological polar surface area (TPSA) is 55.8 Å². The smallest absolute Gasteiger partial charge is 0.325 e. The lowest BCUT2D eigenvalue weighted by Crippen LogP contribution is -2.41. The van der Waals surface area contributed by atoms with Gasteiger partial charge in [-0.3, -0.25) is 9.59 Å². The molecule has 0 radical (unpaired) electrons. The van der Waals surface area contributed by atoms with Crippen molar-refractivity contribution in [1.82, 2.24) is 4.90 Å². The average molecular weight is 291 g/mol. The molecule has 1 aliphatic rings. The van der Waals surface area contributed by atoms with E-state index in [1.165, 1.54) is 12.0 Å². The van der Waals surface area contributed by atoms with Crippen LogP contribution in [-0.4, -0.2) is 44.1 Å². The number of nitrogens with zero attached hydrogens (tertiary/aromatic N) is 1. The Morgan fingerprint density at radius 1 is 1.33 bits per heavy atom. The third-order valence-corrected chi connectivity index (χ3v) is 3.74. The van der Waals surface area contributed by atoms with Crippen molar-refractivity contribution < 1.29 is 19.1 Å². The minimum atomic E-state index is -0.418. The molecule has 1 aromatic carbocycles. The maximum Gasteiger partial charge on any atom is 0.325 e. The summed E-state index contributed by atoms with van der Waals surface area (Å²) >= 11 is 0. The first-order valence-electron chi connectivity index (χ1n) is 7.12. The van der Waals surface area contributed by atoms with Gasteiger partial charge in [0.1, 0.15) is 6.54 Å². The van der Waals surface area contributed by atoms with Crippen LogP contribution in [0.4, 0.5) is 0 Å². The van der Waals surface area contributed by atoms with Crippen molar-refractivity contribution in [2.24, 2.45) is 5.92 Å². The van der Waals surface area contributed by atoms with Crippen LogP contribution in [0.1, 0.15) is 24.5 Å². The van der Waals surface area contributed by atoms with Crippen LogP contribution < -0.4 is 0 Å². The molecule has 2 unspecified atom stereocenters. The predicted octanol–water partition coefficient (Wildman–Crippen LogP) is 1.79. The SMILES string of the molecule is COC(=O)CN(C)C(=O)C1CCCOC1c1ccccc1. The zero-order valence-electron chi connectivity index (χ0n) is 12.5. The van der Waals surface area contributed by atoms with Crippen LogP contribution in [0, 0.1) is 5.92 Å². The number of amides is 1. The summed E-state index contributed by atoms with van der Waals surface area (Å²) in [6, 6.07) is 9.75. The van der Waals surface area contributed by atoms with Crippen LogP contribution in [0.3, 0.4) is 0 Å². The molecule has 2 rings (SSSR count). The van der Waals surface area contributed by atoms with E-state index in [0.29, 0.717) is 6.61 Å². The van der Waals surface area contributed by atoms with E-state index in [1.54, 1.807) is 7.05 Å². The minimum absolute atomic E-state index is 0.0344. The predicted molar refractivity (Wildman–Crippen MR) is 77.5 cm³/mol. The van der Waals surface area contributed by atoms with Crippen molar-refractivity contribution >= 4 is 11.9 Å². The Morgan fingerprint density at radius 3 is 2.71 bits per heavy atom. The number of rotatable bonds is 4. The summed E-state index contributed by atoms with van der Waals surface area (Å²) in [5.41, 5.74) is 1.00. The van der Waals surface area contributed by atoms with Gasteiger partial charge < -0.3 is 14.4 Å². The number of methoxy groups -OCH3 is 1. The molecule has 5 nitrogen and oxygen atoms in total. The van der Waals surface area contributed by atoms with E-state index >= 15 is 0 Å². The Balaban J connectivity index is 2.11. The highest BCUT2D eigenvalue weighted by molar-refractivity contribution is 5.84. The van der Waals surface area contributed by atoms with Gasteiger partial charge in [0, 0.05) is 13.7 Å². The second-order valence-electron chi connectivity index (χ2n) is 5.22. The fourth-order valence-corrected chi connectivity index (χ4v) is 2.62. The van der Waals surface area contributed by atoms with Crippen LogP contribution >= 0.6 is 0 Å². The summed E-state index contributed by atoms with van der Waals surface area (Å²) in [6.45, 7) is 0.622. The Labute approximate surface area is 124 Å². The zero-order chi connectivity index (χ0) is 15.2. The summed E-state index contributed by atoms with van der Waals surface area (Å²) in [4.78, 5) is 25.3. The molecule has 0 spiro atoms. The van der Waals surface area contributed by atoms with E-state index in [1.807, 2.05) is 30.3 Å². The molecule has 1 aliphatic heterocycles. The van der Waals surface area contributed by atoms with Crippen molar-refractivity contribution in [2.45, 2.75) is 18.9 Å². The van der Waals surface area contributed by atoms with Gasteiger partial charge >= 0.3 is 5.97 Å². The lowest BCUT2D eigenvalue weighted by Gasteiger charge is -2.33. The molecule has 1 fully saturated rings. The van der Waals surface area contributed by atoms with E-state index < -0.39 is 5.97 Å². The van der Waals surface area contributed by atoms with Crippen LogP contribution in [0.15, 0.2) is 30.3 Å². The number of benzene rings is 1. The molecule has 5 heteroatoms. The van der Waals surface area contributed by atoms with E-state index in [9.17, 15) is 9.59 Å². The van der Waals surface area contributed by atoms with E-state index in [-0.39, 0.29) is 24.5 Å².